The summed E-state index contributed by atoms with van der Waals surface area (Å²) in [5, 5.41) is 9.56. The predicted octanol–water partition coefficient (Wildman–Crippen LogP) is 6.40. The van der Waals surface area contributed by atoms with Crippen LogP contribution in [-0.2, 0) is 9.53 Å². The van der Waals surface area contributed by atoms with E-state index in [1.165, 1.54) is 18.9 Å². The van der Waals surface area contributed by atoms with Gasteiger partial charge in [-0.05, 0) is 43.9 Å². The number of ketones is 1. The summed E-state index contributed by atoms with van der Waals surface area (Å²) in [7, 11) is 3.09. The van der Waals surface area contributed by atoms with Crippen LogP contribution in [0, 0.1) is 11.8 Å². The minimum atomic E-state index is -0.0326. The van der Waals surface area contributed by atoms with Crippen LogP contribution in [0.3, 0.4) is 0 Å². The molecule has 1 aliphatic heterocycles. The molecule has 0 radical (unpaired) electrons. The van der Waals surface area contributed by atoms with E-state index >= 15 is 0 Å². The van der Waals surface area contributed by atoms with Crippen molar-refractivity contribution >= 4 is 51.4 Å². The summed E-state index contributed by atoms with van der Waals surface area (Å²) in [5.41, 5.74) is 1.11. The van der Waals surface area contributed by atoms with Crippen LogP contribution in [0.2, 0.25) is 10.0 Å². The van der Waals surface area contributed by atoms with Gasteiger partial charge in [-0.25, -0.2) is 9.97 Å². The van der Waals surface area contributed by atoms with Crippen molar-refractivity contribution in [1.82, 2.24) is 9.97 Å². The topological polar surface area (TPSA) is 94.6 Å². The lowest BCUT2D eigenvalue weighted by molar-refractivity contribution is -0.115. The van der Waals surface area contributed by atoms with E-state index in [0.29, 0.717) is 70.0 Å². The Morgan fingerprint density at radius 3 is 2.54 bits per heavy atom. The number of carbonyl (C=O) groups is 1. The van der Waals surface area contributed by atoms with E-state index in [0.717, 1.165) is 10.8 Å². The Balaban J connectivity index is 1.56. The van der Waals surface area contributed by atoms with Gasteiger partial charge in [0.05, 0.1) is 49.2 Å². The first-order chi connectivity index (χ1) is 18.8. The number of fused-ring (bicyclic) bond motifs is 1. The van der Waals surface area contributed by atoms with Crippen LogP contribution in [-0.4, -0.2) is 55.3 Å². The van der Waals surface area contributed by atoms with Gasteiger partial charge in [-0.3, -0.25) is 4.79 Å². The molecule has 2 N–H and O–H groups in total. The average Bonchev–Trinajstić information content (AvgIpc) is 3.70. The molecule has 2 aliphatic rings. The molecule has 1 saturated carbocycles. The fraction of sp³-hybridized carbons (Fsp3) is 0.414. The van der Waals surface area contributed by atoms with Crippen molar-refractivity contribution in [1.29, 1.82) is 0 Å². The lowest BCUT2D eigenvalue weighted by Crippen LogP contribution is -2.29. The van der Waals surface area contributed by atoms with Gasteiger partial charge in [0.25, 0.3) is 0 Å². The van der Waals surface area contributed by atoms with Gasteiger partial charge in [-0.1, -0.05) is 29.8 Å². The summed E-state index contributed by atoms with van der Waals surface area (Å²) in [6, 6.07) is 5.76. The summed E-state index contributed by atoms with van der Waals surface area (Å²) < 4.78 is 16.6. The van der Waals surface area contributed by atoms with Gasteiger partial charge in [0.2, 0.25) is 0 Å². The van der Waals surface area contributed by atoms with Gasteiger partial charge in [0, 0.05) is 47.0 Å². The maximum Gasteiger partial charge on any atom is 0.155 e. The van der Waals surface area contributed by atoms with Gasteiger partial charge < -0.3 is 24.8 Å². The van der Waals surface area contributed by atoms with Crippen LogP contribution in [0.1, 0.15) is 26.2 Å². The van der Waals surface area contributed by atoms with E-state index in [1.54, 1.807) is 26.5 Å². The average molecular weight is 572 g/mol. The van der Waals surface area contributed by atoms with Gasteiger partial charge in [0.1, 0.15) is 23.1 Å². The highest BCUT2D eigenvalue weighted by molar-refractivity contribution is 6.41. The van der Waals surface area contributed by atoms with Crippen LogP contribution in [0.25, 0.3) is 22.0 Å². The highest BCUT2D eigenvalue weighted by Gasteiger charge is 2.31. The fourth-order valence-corrected chi connectivity index (χ4v) is 5.69. The van der Waals surface area contributed by atoms with Crippen molar-refractivity contribution in [2.45, 2.75) is 38.3 Å². The molecule has 0 spiro atoms. The number of carbonyl (C=O) groups excluding carboxylic acids is 1. The molecule has 206 valence electrons. The molecule has 5 rings (SSSR count). The summed E-state index contributed by atoms with van der Waals surface area (Å²) in [5.74, 6) is 2.94. The summed E-state index contributed by atoms with van der Waals surface area (Å²) in [6.07, 6.45) is 5.93. The van der Waals surface area contributed by atoms with Crippen molar-refractivity contribution in [3.8, 4) is 22.8 Å². The van der Waals surface area contributed by atoms with Gasteiger partial charge in [-0.2, -0.15) is 0 Å². The molecule has 2 fully saturated rings. The maximum atomic E-state index is 12.0. The van der Waals surface area contributed by atoms with Crippen molar-refractivity contribution in [2.75, 3.05) is 38.1 Å². The Morgan fingerprint density at radius 2 is 1.90 bits per heavy atom. The van der Waals surface area contributed by atoms with E-state index in [9.17, 15) is 4.79 Å². The van der Waals surface area contributed by atoms with Crippen LogP contribution in [0.5, 0.6) is 11.5 Å². The minimum Gasteiger partial charge on any atom is -0.495 e. The van der Waals surface area contributed by atoms with Crippen LogP contribution in [0.15, 0.2) is 37.1 Å². The number of methoxy groups -OCH3 is 2. The second-order valence-electron chi connectivity index (χ2n) is 10.1. The second-order valence-corrected chi connectivity index (χ2v) is 10.9. The molecule has 3 atom stereocenters. The number of hydrogen-bond donors (Lipinski definition) is 2. The number of allylic oxidation sites excluding steroid dienone is 1. The number of pyridine rings is 2. The lowest BCUT2D eigenvalue weighted by Gasteiger charge is -2.21. The second kappa shape index (κ2) is 11.6. The molecule has 10 heteroatoms. The Bertz CT molecular complexity index is 1380. The quantitative estimate of drug-likeness (QED) is 0.255. The molecular formula is C29H32Cl2N4O4. The summed E-state index contributed by atoms with van der Waals surface area (Å²) >= 11 is 13.5. The molecule has 1 aromatic carbocycles. The molecule has 0 bridgehead atoms. The van der Waals surface area contributed by atoms with E-state index < -0.39 is 0 Å². The number of ether oxygens (including phenoxy) is 3. The standard InChI is InChI=1S/C29H32Cl2N4O4/c1-5-19(36)8-18-13-39-14-22(18)34-25-10-20-17(12-32-25)9-21(35-29(20)33-15(2)16-6-7-16)26-27(30)23(37-3)11-24(38-4)28(26)31/h5,9-12,15-16,18,22H,1,6-8,13-14H2,2-4H3,(H,32,34)(H,33,35)/t15-,18-,22+/m0/s1. The molecule has 3 aromatic rings. The summed E-state index contributed by atoms with van der Waals surface area (Å²) in [4.78, 5) is 21.6. The van der Waals surface area contributed by atoms with Crippen molar-refractivity contribution < 1.29 is 19.0 Å². The van der Waals surface area contributed by atoms with Crippen LogP contribution < -0.4 is 20.1 Å². The first kappa shape index (κ1) is 27.5. The molecule has 2 aromatic heterocycles. The number of halogens is 2. The largest absolute Gasteiger partial charge is 0.495 e. The molecule has 0 unspecified atom stereocenters. The zero-order valence-electron chi connectivity index (χ0n) is 22.2. The first-order valence-corrected chi connectivity index (χ1v) is 13.8. The third-order valence-corrected chi connectivity index (χ3v) is 8.21. The van der Waals surface area contributed by atoms with Gasteiger partial charge in [0.15, 0.2) is 5.78 Å². The van der Waals surface area contributed by atoms with E-state index in [2.05, 4.69) is 29.1 Å². The number of anilines is 2. The van der Waals surface area contributed by atoms with Gasteiger partial charge in [-0.15, -0.1) is 0 Å². The number of benzene rings is 1. The molecule has 8 nitrogen and oxygen atoms in total. The fourth-order valence-electron chi connectivity index (χ4n) is 4.99. The lowest BCUT2D eigenvalue weighted by atomic mass is 9.97. The van der Waals surface area contributed by atoms with Crippen molar-refractivity contribution in [3.05, 3.63) is 47.1 Å². The number of nitrogens with one attached hydrogen (secondary N) is 2. The molecule has 1 saturated heterocycles. The SMILES string of the molecule is C=CC(=O)C[C@H]1COC[C@H]1Nc1cc2c(N[C@@H](C)C3CC3)nc(-c3c(Cl)c(OC)cc(OC)c3Cl)cc2cn1. The molecular weight excluding hydrogens is 539 g/mol. The molecule has 3 heterocycles. The minimum absolute atomic E-state index is 0.00699. The molecule has 0 amide bonds. The third kappa shape index (κ3) is 5.78. The van der Waals surface area contributed by atoms with E-state index in [4.69, 9.17) is 42.4 Å². The number of rotatable bonds is 11. The van der Waals surface area contributed by atoms with Crippen LogP contribution >= 0.6 is 23.2 Å². The van der Waals surface area contributed by atoms with Crippen molar-refractivity contribution in [3.63, 3.8) is 0 Å². The van der Waals surface area contributed by atoms with Crippen molar-refractivity contribution in [2.24, 2.45) is 11.8 Å². The van der Waals surface area contributed by atoms with E-state index in [1.807, 2.05) is 12.1 Å². The monoisotopic (exact) mass is 570 g/mol. The number of nitrogens with zero attached hydrogens (tertiary/aromatic N) is 2. The first-order valence-electron chi connectivity index (χ1n) is 13.0. The zero-order chi connectivity index (χ0) is 27.7. The molecule has 39 heavy (non-hydrogen) atoms. The number of hydrogen-bond acceptors (Lipinski definition) is 8. The Labute approximate surface area is 238 Å². The normalized spacial score (nSPS) is 19.5. The smallest absolute Gasteiger partial charge is 0.155 e. The Hall–Kier alpha value is -3.07. The highest BCUT2D eigenvalue weighted by Crippen LogP contribution is 2.46. The van der Waals surface area contributed by atoms with Crippen LogP contribution in [0.4, 0.5) is 11.6 Å². The number of aromatic nitrogens is 2. The van der Waals surface area contributed by atoms with E-state index in [-0.39, 0.29) is 23.8 Å². The molecule has 1 aliphatic carbocycles. The summed E-state index contributed by atoms with van der Waals surface area (Å²) in [6.45, 7) is 6.78. The Kier molecular flexibility index (Phi) is 8.16. The predicted molar refractivity (Wildman–Crippen MR) is 155 cm³/mol. The zero-order valence-corrected chi connectivity index (χ0v) is 23.7. The van der Waals surface area contributed by atoms with Gasteiger partial charge >= 0.3 is 0 Å². The maximum absolute atomic E-state index is 12.0. The third-order valence-electron chi connectivity index (χ3n) is 7.46. The Morgan fingerprint density at radius 1 is 1.18 bits per heavy atom. The highest BCUT2D eigenvalue weighted by atomic mass is 35.5.